The molecular weight excluding hydrogens is 184 g/mol. The molecular formula is C13H22N2. The van der Waals surface area contributed by atoms with Crippen LogP contribution in [0.5, 0.6) is 0 Å². The van der Waals surface area contributed by atoms with Crippen molar-refractivity contribution in [1.82, 2.24) is 4.90 Å². The van der Waals surface area contributed by atoms with E-state index in [1.54, 1.807) is 0 Å². The zero-order valence-corrected chi connectivity index (χ0v) is 10.3. The molecule has 0 fully saturated rings. The van der Waals surface area contributed by atoms with E-state index in [1.807, 2.05) is 6.21 Å². The smallest absolute Gasteiger partial charge is 0.0650 e. The highest BCUT2D eigenvalue weighted by molar-refractivity contribution is 5.63. The highest BCUT2D eigenvalue weighted by Gasteiger charge is 2.16. The minimum atomic E-state index is 0.833. The van der Waals surface area contributed by atoms with Crippen LogP contribution in [0.2, 0.25) is 0 Å². The molecule has 2 aliphatic heterocycles. The Labute approximate surface area is 93.4 Å². The second-order valence-electron chi connectivity index (χ2n) is 4.69. The lowest BCUT2D eigenvalue weighted by Gasteiger charge is -2.11. The van der Waals surface area contributed by atoms with Gasteiger partial charge in [-0.25, -0.2) is 0 Å². The van der Waals surface area contributed by atoms with Crippen molar-refractivity contribution in [2.45, 2.75) is 33.6 Å². The van der Waals surface area contributed by atoms with E-state index in [4.69, 9.17) is 0 Å². The number of allylic oxidation sites excluding steroid dienone is 2. The third-order valence-electron chi connectivity index (χ3n) is 2.16. The predicted molar refractivity (Wildman–Crippen MR) is 67.0 cm³/mol. The summed E-state index contributed by atoms with van der Waals surface area (Å²) < 4.78 is 0. The maximum atomic E-state index is 4.39. The molecule has 0 aromatic rings. The first-order valence-electron chi connectivity index (χ1n) is 5.74. The fourth-order valence-electron chi connectivity index (χ4n) is 1.50. The van der Waals surface area contributed by atoms with Crippen LogP contribution in [0.4, 0.5) is 0 Å². The summed E-state index contributed by atoms with van der Waals surface area (Å²) in [6, 6.07) is 0. The Hall–Kier alpha value is -1.05. The Balaban J connectivity index is 0.000000245. The van der Waals surface area contributed by atoms with E-state index in [0.29, 0.717) is 0 Å². The first-order chi connectivity index (χ1) is 7.11. The summed E-state index contributed by atoms with van der Waals surface area (Å²) in [5.74, 6) is 0.833. The van der Waals surface area contributed by atoms with Crippen molar-refractivity contribution in [2.24, 2.45) is 10.9 Å². The van der Waals surface area contributed by atoms with Gasteiger partial charge >= 0.3 is 0 Å². The zero-order chi connectivity index (χ0) is 11.3. The van der Waals surface area contributed by atoms with E-state index in [-0.39, 0.29) is 0 Å². The summed E-state index contributed by atoms with van der Waals surface area (Å²) >= 11 is 0. The van der Waals surface area contributed by atoms with Gasteiger partial charge in [0.05, 0.1) is 11.4 Å². The van der Waals surface area contributed by atoms with Crippen LogP contribution in [-0.2, 0) is 0 Å². The summed E-state index contributed by atoms with van der Waals surface area (Å²) in [7, 11) is 2.12. The van der Waals surface area contributed by atoms with E-state index < -0.39 is 0 Å². The van der Waals surface area contributed by atoms with Crippen molar-refractivity contribution in [2.75, 3.05) is 13.6 Å². The molecule has 2 rings (SSSR count). The molecule has 0 unspecified atom stereocenters. The van der Waals surface area contributed by atoms with Gasteiger partial charge in [0.15, 0.2) is 0 Å². The second-order valence-corrected chi connectivity index (χ2v) is 4.69. The average molecular weight is 206 g/mol. The van der Waals surface area contributed by atoms with Crippen LogP contribution in [0.25, 0.3) is 0 Å². The first kappa shape index (κ1) is 12.0. The number of likely N-dealkylation sites (N-methyl/N-ethyl adjacent to an activating group) is 1. The van der Waals surface area contributed by atoms with Gasteiger partial charge in [-0.05, 0) is 12.0 Å². The van der Waals surface area contributed by atoms with Crippen LogP contribution < -0.4 is 0 Å². The van der Waals surface area contributed by atoms with Crippen molar-refractivity contribution in [3.05, 3.63) is 23.5 Å². The number of hydrogen-bond donors (Lipinski definition) is 0. The van der Waals surface area contributed by atoms with Crippen LogP contribution >= 0.6 is 0 Å². The van der Waals surface area contributed by atoms with Gasteiger partial charge in [0.25, 0.3) is 0 Å². The van der Waals surface area contributed by atoms with E-state index >= 15 is 0 Å². The van der Waals surface area contributed by atoms with Gasteiger partial charge < -0.3 is 4.90 Å². The Morgan fingerprint density at radius 3 is 2.67 bits per heavy atom. The van der Waals surface area contributed by atoms with Gasteiger partial charge in [-0.1, -0.05) is 26.8 Å². The molecule has 2 aliphatic rings. The van der Waals surface area contributed by atoms with E-state index in [0.717, 1.165) is 25.3 Å². The topological polar surface area (TPSA) is 15.6 Å². The summed E-state index contributed by atoms with van der Waals surface area (Å²) in [6.07, 6.45) is 8.40. The lowest BCUT2D eigenvalue weighted by Crippen LogP contribution is -2.11. The summed E-state index contributed by atoms with van der Waals surface area (Å²) in [5, 5.41) is 0. The molecule has 2 heterocycles. The molecule has 0 aromatic carbocycles. The molecule has 0 atom stereocenters. The number of nitrogens with zero attached hydrogens (tertiary/aromatic N) is 2. The maximum Gasteiger partial charge on any atom is 0.0650 e. The largest absolute Gasteiger partial charge is 0.373 e. The molecule has 0 bridgehead atoms. The van der Waals surface area contributed by atoms with Gasteiger partial charge in [-0.2, -0.15) is 0 Å². The van der Waals surface area contributed by atoms with Crippen molar-refractivity contribution >= 4 is 6.21 Å². The van der Waals surface area contributed by atoms with Crippen LogP contribution in [-0.4, -0.2) is 24.7 Å². The third-order valence-corrected chi connectivity index (χ3v) is 2.16. The second kappa shape index (κ2) is 5.74. The van der Waals surface area contributed by atoms with Gasteiger partial charge in [0.2, 0.25) is 0 Å². The normalized spacial score (nSPS) is 18.9. The van der Waals surface area contributed by atoms with E-state index in [2.05, 4.69) is 49.9 Å². The molecule has 0 N–H and O–H groups in total. The summed E-state index contributed by atoms with van der Waals surface area (Å²) in [5.41, 5.74) is 2.56. The molecule has 0 aliphatic carbocycles. The molecule has 15 heavy (non-hydrogen) atoms. The molecule has 2 heteroatoms. The highest BCUT2D eigenvalue weighted by Crippen LogP contribution is 2.24. The minimum absolute atomic E-state index is 0.833. The van der Waals surface area contributed by atoms with E-state index in [9.17, 15) is 0 Å². The SMILES string of the molecule is CC(C)C.CN1CCC2=C1C=CCC=N2. The van der Waals surface area contributed by atoms with Crippen molar-refractivity contribution in [1.29, 1.82) is 0 Å². The van der Waals surface area contributed by atoms with Crippen LogP contribution in [0, 0.1) is 5.92 Å². The Morgan fingerprint density at radius 2 is 2.00 bits per heavy atom. The van der Waals surface area contributed by atoms with Gasteiger partial charge in [-0.3, -0.25) is 4.99 Å². The van der Waals surface area contributed by atoms with E-state index in [1.165, 1.54) is 11.4 Å². The van der Waals surface area contributed by atoms with Crippen LogP contribution in [0.3, 0.4) is 0 Å². The molecule has 0 radical (unpaired) electrons. The molecule has 2 nitrogen and oxygen atoms in total. The fourth-order valence-corrected chi connectivity index (χ4v) is 1.50. The van der Waals surface area contributed by atoms with Gasteiger partial charge in [0.1, 0.15) is 0 Å². The quantitative estimate of drug-likeness (QED) is 0.594. The fraction of sp³-hybridized carbons (Fsp3) is 0.615. The van der Waals surface area contributed by atoms with Crippen molar-refractivity contribution in [3.63, 3.8) is 0 Å². The summed E-state index contributed by atoms with van der Waals surface area (Å²) in [6.45, 7) is 7.62. The highest BCUT2D eigenvalue weighted by atomic mass is 15.1. The van der Waals surface area contributed by atoms with Crippen LogP contribution in [0.1, 0.15) is 33.6 Å². The van der Waals surface area contributed by atoms with Gasteiger partial charge in [-0.15, -0.1) is 0 Å². The maximum absolute atomic E-state index is 4.39. The first-order valence-corrected chi connectivity index (χ1v) is 5.74. The van der Waals surface area contributed by atoms with Gasteiger partial charge in [0, 0.05) is 32.6 Å². The minimum Gasteiger partial charge on any atom is -0.373 e. The Morgan fingerprint density at radius 1 is 1.33 bits per heavy atom. The molecule has 0 spiro atoms. The van der Waals surface area contributed by atoms with Crippen molar-refractivity contribution in [3.8, 4) is 0 Å². The number of hydrogen-bond acceptors (Lipinski definition) is 2. The zero-order valence-electron chi connectivity index (χ0n) is 10.3. The molecule has 0 aromatic heterocycles. The Kier molecular flexibility index (Phi) is 4.60. The Bertz CT molecular complexity index is 282. The monoisotopic (exact) mass is 206 g/mol. The molecule has 0 amide bonds. The number of aliphatic imine (C=N–C) groups is 1. The predicted octanol–water partition coefficient (Wildman–Crippen LogP) is 3.23. The summed E-state index contributed by atoms with van der Waals surface area (Å²) in [4.78, 5) is 6.64. The number of rotatable bonds is 0. The standard InChI is InChI=1S/C9H12N2.C4H10/c1-11-7-5-8-9(11)4-2-3-6-10-8;1-4(2)3/h2,4,6H,3,5,7H2,1H3;4H,1-3H3. The van der Waals surface area contributed by atoms with Crippen molar-refractivity contribution < 1.29 is 0 Å². The lowest BCUT2D eigenvalue weighted by molar-refractivity contribution is 0.471. The molecule has 0 saturated carbocycles. The third kappa shape index (κ3) is 3.90. The van der Waals surface area contributed by atoms with Crippen LogP contribution in [0.15, 0.2) is 28.5 Å². The molecule has 0 saturated heterocycles. The average Bonchev–Trinajstić information content (AvgIpc) is 2.39. The molecule has 84 valence electrons. The lowest BCUT2D eigenvalue weighted by atomic mass is 10.3.